The van der Waals surface area contributed by atoms with Crippen LogP contribution in [0.25, 0.3) is 0 Å². The maximum absolute atomic E-state index is 5.74. The predicted molar refractivity (Wildman–Crippen MR) is 64.0 cm³/mol. The van der Waals surface area contributed by atoms with E-state index in [1.54, 1.807) is 0 Å². The molecule has 0 heterocycles. The molecule has 0 fully saturated rings. The lowest BCUT2D eigenvalue weighted by Crippen LogP contribution is -2.07. The van der Waals surface area contributed by atoms with Crippen molar-refractivity contribution in [3.05, 3.63) is 54.3 Å². The minimum Gasteiger partial charge on any atom is -0.450 e. The van der Waals surface area contributed by atoms with Crippen LogP contribution in [0.4, 0.5) is 0 Å². The quantitative estimate of drug-likeness (QED) is 0.669. The number of ether oxygens (including phenoxy) is 2. The van der Waals surface area contributed by atoms with Crippen molar-refractivity contribution in [1.29, 1.82) is 0 Å². The first kappa shape index (κ1) is 11.1. The van der Waals surface area contributed by atoms with Crippen molar-refractivity contribution in [2.24, 2.45) is 0 Å². The summed E-state index contributed by atoms with van der Waals surface area (Å²) in [6.07, 6.45) is 16.5. The molecular formula is C14H17O2. The van der Waals surface area contributed by atoms with E-state index in [1.165, 1.54) is 0 Å². The maximum atomic E-state index is 5.74. The van der Waals surface area contributed by atoms with Gasteiger partial charge in [-0.15, -0.1) is 0 Å². The van der Waals surface area contributed by atoms with Gasteiger partial charge < -0.3 is 9.47 Å². The Morgan fingerprint density at radius 2 is 1.62 bits per heavy atom. The average molecular weight is 217 g/mol. The Kier molecular flexibility index (Phi) is 3.86. The molecule has 0 atom stereocenters. The van der Waals surface area contributed by atoms with E-state index >= 15 is 0 Å². The third-order valence-corrected chi connectivity index (χ3v) is 2.42. The summed E-state index contributed by atoms with van der Waals surface area (Å²) in [5.74, 6) is 1.94. The second-order valence-electron chi connectivity index (χ2n) is 3.86. The topological polar surface area (TPSA) is 18.5 Å². The van der Waals surface area contributed by atoms with Crippen LogP contribution in [0, 0.1) is 6.29 Å². The van der Waals surface area contributed by atoms with E-state index in [2.05, 4.69) is 19.1 Å². The zero-order valence-electron chi connectivity index (χ0n) is 9.61. The van der Waals surface area contributed by atoms with Crippen LogP contribution in [0.3, 0.4) is 0 Å². The number of allylic oxidation sites excluding steroid dienone is 6. The third kappa shape index (κ3) is 3.02. The lowest BCUT2D eigenvalue weighted by atomic mass is 10.3. The summed E-state index contributed by atoms with van der Waals surface area (Å²) in [5, 5.41) is 0. The van der Waals surface area contributed by atoms with Crippen molar-refractivity contribution in [2.75, 3.05) is 0 Å². The van der Waals surface area contributed by atoms with Gasteiger partial charge in [0.1, 0.15) is 11.5 Å². The fourth-order valence-electron chi connectivity index (χ4n) is 1.63. The molecular weight excluding hydrogens is 200 g/mol. The molecule has 0 spiro atoms. The van der Waals surface area contributed by atoms with Crippen molar-refractivity contribution in [3.63, 3.8) is 0 Å². The van der Waals surface area contributed by atoms with Crippen LogP contribution in [0.15, 0.2) is 48.0 Å². The van der Waals surface area contributed by atoms with E-state index in [0.29, 0.717) is 6.29 Å². The van der Waals surface area contributed by atoms with Gasteiger partial charge in [0, 0.05) is 19.3 Å². The molecule has 85 valence electrons. The first-order valence-corrected chi connectivity index (χ1v) is 5.81. The number of rotatable bonds is 6. The lowest BCUT2D eigenvalue weighted by molar-refractivity contribution is 0.0111. The molecule has 2 aliphatic carbocycles. The van der Waals surface area contributed by atoms with Crippen molar-refractivity contribution in [2.45, 2.75) is 32.6 Å². The van der Waals surface area contributed by atoms with Gasteiger partial charge in [0.2, 0.25) is 0 Å². The lowest BCUT2D eigenvalue weighted by Gasteiger charge is -2.18. The van der Waals surface area contributed by atoms with Crippen LogP contribution in [0.2, 0.25) is 0 Å². The fraction of sp³-hybridized carbons (Fsp3) is 0.357. The van der Waals surface area contributed by atoms with Gasteiger partial charge in [-0.25, -0.2) is 0 Å². The van der Waals surface area contributed by atoms with E-state index in [4.69, 9.17) is 9.47 Å². The second kappa shape index (κ2) is 5.59. The summed E-state index contributed by atoms with van der Waals surface area (Å²) in [5.41, 5.74) is 0. The highest BCUT2D eigenvalue weighted by Gasteiger charge is 2.17. The van der Waals surface area contributed by atoms with Crippen molar-refractivity contribution in [3.8, 4) is 0 Å². The third-order valence-electron chi connectivity index (χ3n) is 2.42. The Bertz CT molecular complexity index is 316. The van der Waals surface area contributed by atoms with E-state index in [1.807, 2.05) is 24.3 Å². The average Bonchev–Trinajstić information content (AvgIpc) is 2.91. The zero-order valence-corrected chi connectivity index (χ0v) is 9.61. The SMILES string of the molecule is CCC[C](OC1=CC=CC1)OC1=CC=CC1. The molecule has 0 aliphatic heterocycles. The van der Waals surface area contributed by atoms with E-state index in [0.717, 1.165) is 37.2 Å². The van der Waals surface area contributed by atoms with Gasteiger partial charge in [-0.05, 0) is 18.6 Å². The summed E-state index contributed by atoms with van der Waals surface area (Å²) >= 11 is 0. The number of hydrogen-bond acceptors (Lipinski definition) is 2. The zero-order chi connectivity index (χ0) is 11.2. The second-order valence-corrected chi connectivity index (χ2v) is 3.86. The molecule has 1 radical (unpaired) electrons. The molecule has 2 rings (SSSR count). The van der Waals surface area contributed by atoms with Gasteiger partial charge in [0.25, 0.3) is 0 Å². The van der Waals surface area contributed by atoms with Crippen molar-refractivity contribution in [1.82, 2.24) is 0 Å². The first-order chi connectivity index (χ1) is 7.88. The molecule has 0 saturated carbocycles. The molecule has 0 N–H and O–H groups in total. The van der Waals surface area contributed by atoms with E-state index < -0.39 is 0 Å². The summed E-state index contributed by atoms with van der Waals surface area (Å²) in [6, 6.07) is 0. The summed E-state index contributed by atoms with van der Waals surface area (Å²) in [4.78, 5) is 0. The van der Waals surface area contributed by atoms with Crippen LogP contribution >= 0.6 is 0 Å². The standard InChI is InChI=1S/C14H17O2/c1-2-7-14(15-12-8-3-4-9-12)16-13-10-5-6-11-13/h3-6,8,10H,2,7,9,11H2,1H3. The van der Waals surface area contributed by atoms with Gasteiger partial charge in [-0.2, -0.15) is 0 Å². The highest BCUT2D eigenvalue weighted by Crippen LogP contribution is 2.26. The normalized spacial score (nSPS) is 17.9. The van der Waals surface area contributed by atoms with Gasteiger partial charge >= 0.3 is 6.29 Å². The predicted octanol–water partition coefficient (Wildman–Crippen LogP) is 4.00. The molecule has 2 heteroatoms. The van der Waals surface area contributed by atoms with Gasteiger partial charge in [0.15, 0.2) is 0 Å². The molecule has 0 amide bonds. The molecule has 16 heavy (non-hydrogen) atoms. The molecule has 0 aromatic carbocycles. The summed E-state index contributed by atoms with van der Waals surface area (Å²) in [6.45, 7) is 2.12. The minimum absolute atomic E-state index is 0.715. The van der Waals surface area contributed by atoms with Crippen molar-refractivity contribution < 1.29 is 9.47 Å². The highest BCUT2D eigenvalue weighted by molar-refractivity contribution is 5.20. The molecule has 0 bridgehead atoms. The Hall–Kier alpha value is -1.44. The Balaban J connectivity index is 1.84. The Morgan fingerprint density at radius 3 is 2.00 bits per heavy atom. The van der Waals surface area contributed by atoms with Gasteiger partial charge in [-0.3, -0.25) is 0 Å². The van der Waals surface area contributed by atoms with Crippen LogP contribution in [-0.4, -0.2) is 0 Å². The fourth-order valence-corrected chi connectivity index (χ4v) is 1.63. The van der Waals surface area contributed by atoms with Gasteiger partial charge in [0.05, 0.1) is 0 Å². The van der Waals surface area contributed by atoms with Crippen LogP contribution in [0.5, 0.6) is 0 Å². The monoisotopic (exact) mass is 217 g/mol. The molecule has 0 unspecified atom stereocenters. The molecule has 0 aromatic rings. The molecule has 0 aromatic heterocycles. The molecule has 2 nitrogen and oxygen atoms in total. The first-order valence-electron chi connectivity index (χ1n) is 5.81. The van der Waals surface area contributed by atoms with Crippen LogP contribution in [0.1, 0.15) is 32.6 Å². The maximum Gasteiger partial charge on any atom is 0.329 e. The molecule has 0 saturated heterocycles. The summed E-state index contributed by atoms with van der Waals surface area (Å²) in [7, 11) is 0. The summed E-state index contributed by atoms with van der Waals surface area (Å²) < 4.78 is 11.5. The highest BCUT2D eigenvalue weighted by atomic mass is 16.7. The van der Waals surface area contributed by atoms with Gasteiger partial charge in [-0.1, -0.05) is 31.2 Å². The molecule has 2 aliphatic rings. The van der Waals surface area contributed by atoms with E-state index in [-0.39, 0.29) is 0 Å². The Labute approximate surface area is 96.9 Å². The van der Waals surface area contributed by atoms with Crippen LogP contribution < -0.4 is 0 Å². The number of hydrogen-bond donors (Lipinski definition) is 0. The smallest absolute Gasteiger partial charge is 0.329 e. The minimum atomic E-state index is 0.715. The Morgan fingerprint density at radius 1 is 1.06 bits per heavy atom. The largest absolute Gasteiger partial charge is 0.450 e. The van der Waals surface area contributed by atoms with E-state index in [9.17, 15) is 0 Å². The van der Waals surface area contributed by atoms with Crippen LogP contribution in [-0.2, 0) is 9.47 Å². The van der Waals surface area contributed by atoms with Crippen molar-refractivity contribution >= 4 is 0 Å².